The molecule has 0 radical (unpaired) electrons. The van der Waals surface area contributed by atoms with Crippen molar-refractivity contribution < 1.29 is 9.90 Å². The van der Waals surface area contributed by atoms with Gasteiger partial charge in [0.2, 0.25) is 5.91 Å². The molecule has 0 heterocycles. The lowest BCUT2D eigenvalue weighted by molar-refractivity contribution is -0.134. The molecule has 0 saturated carbocycles. The van der Waals surface area contributed by atoms with Gasteiger partial charge in [-0.1, -0.05) is 13.8 Å². The van der Waals surface area contributed by atoms with Crippen molar-refractivity contribution in [3.8, 4) is 0 Å². The van der Waals surface area contributed by atoms with Crippen LogP contribution in [0.4, 0.5) is 0 Å². The van der Waals surface area contributed by atoms with E-state index in [9.17, 15) is 4.79 Å². The largest absolute Gasteiger partial charge is 0.393 e. The van der Waals surface area contributed by atoms with Gasteiger partial charge in [0.25, 0.3) is 0 Å². The molecular formula is C9H20N2O2. The third-order valence-electron chi connectivity index (χ3n) is 1.99. The second-order valence-corrected chi connectivity index (χ2v) is 3.79. The normalized spacial score (nSPS) is 15.6. The second-order valence-electron chi connectivity index (χ2n) is 3.79. The van der Waals surface area contributed by atoms with Crippen LogP contribution in [0.5, 0.6) is 0 Å². The summed E-state index contributed by atoms with van der Waals surface area (Å²) in [6.07, 6.45) is -0.739. The molecule has 0 spiro atoms. The van der Waals surface area contributed by atoms with Crippen molar-refractivity contribution in [1.29, 1.82) is 0 Å². The number of aliphatic hydroxyl groups excluding tert-OH is 1. The van der Waals surface area contributed by atoms with Gasteiger partial charge in [-0.25, -0.2) is 0 Å². The minimum Gasteiger partial charge on any atom is -0.393 e. The van der Waals surface area contributed by atoms with Crippen LogP contribution in [0.25, 0.3) is 0 Å². The van der Waals surface area contributed by atoms with Crippen molar-refractivity contribution >= 4 is 5.91 Å². The molecule has 4 heteroatoms. The van der Waals surface area contributed by atoms with E-state index in [1.165, 1.54) is 4.90 Å². The fraction of sp³-hybridized carbons (Fsp3) is 0.889. The van der Waals surface area contributed by atoms with E-state index in [1.807, 2.05) is 13.8 Å². The molecule has 0 aromatic rings. The summed E-state index contributed by atoms with van der Waals surface area (Å²) in [5.41, 5.74) is 5.76. The lowest BCUT2D eigenvalue weighted by atomic mass is 10.1. The van der Waals surface area contributed by atoms with Gasteiger partial charge in [0, 0.05) is 7.05 Å². The lowest BCUT2D eigenvalue weighted by Crippen LogP contribution is -2.47. The molecule has 0 saturated heterocycles. The minimum absolute atomic E-state index is 0.115. The molecule has 3 N–H and O–H groups in total. The van der Waals surface area contributed by atoms with Crippen molar-refractivity contribution in [1.82, 2.24) is 4.90 Å². The highest BCUT2D eigenvalue weighted by Gasteiger charge is 2.19. The molecule has 0 fully saturated rings. The molecule has 78 valence electrons. The SMILES string of the molecule is CC(O)CC(=O)N(C)C(N)C(C)C. The summed E-state index contributed by atoms with van der Waals surface area (Å²) < 4.78 is 0. The molecular weight excluding hydrogens is 168 g/mol. The first-order chi connectivity index (χ1) is 5.86. The van der Waals surface area contributed by atoms with E-state index in [1.54, 1.807) is 14.0 Å². The van der Waals surface area contributed by atoms with E-state index >= 15 is 0 Å². The molecule has 13 heavy (non-hydrogen) atoms. The molecule has 0 aromatic heterocycles. The van der Waals surface area contributed by atoms with Crippen LogP contribution in [-0.4, -0.2) is 35.2 Å². The molecule has 0 aliphatic carbocycles. The van der Waals surface area contributed by atoms with Gasteiger partial charge in [-0.05, 0) is 12.8 Å². The van der Waals surface area contributed by atoms with E-state index in [2.05, 4.69) is 0 Å². The Hall–Kier alpha value is -0.610. The quantitative estimate of drug-likeness (QED) is 0.617. The van der Waals surface area contributed by atoms with Gasteiger partial charge < -0.3 is 15.7 Å². The summed E-state index contributed by atoms with van der Waals surface area (Å²) >= 11 is 0. The summed E-state index contributed by atoms with van der Waals surface area (Å²) in [5, 5.41) is 9.00. The number of rotatable bonds is 4. The smallest absolute Gasteiger partial charge is 0.226 e. The molecule has 0 aliphatic heterocycles. The zero-order valence-corrected chi connectivity index (χ0v) is 8.82. The third kappa shape index (κ3) is 4.24. The zero-order valence-electron chi connectivity index (χ0n) is 8.82. The second kappa shape index (κ2) is 5.19. The van der Waals surface area contributed by atoms with Crippen LogP contribution in [0.3, 0.4) is 0 Å². The van der Waals surface area contributed by atoms with Crippen LogP contribution >= 0.6 is 0 Å². The molecule has 2 unspecified atom stereocenters. The fourth-order valence-corrected chi connectivity index (χ4v) is 1.01. The third-order valence-corrected chi connectivity index (χ3v) is 1.99. The Morgan fingerprint density at radius 1 is 1.46 bits per heavy atom. The Morgan fingerprint density at radius 2 is 1.92 bits per heavy atom. The number of aliphatic hydroxyl groups is 1. The van der Waals surface area contributed by atoms with Gasteiger partial charge in [0.05, 0.1) is 18.7 Å². The monoisotopic (exact) mass is 188 g/mol. The highest BCUT2D eigenvalue weighted by atomic mass is 16.3. The Kier molecular flexibility index (Phi) is 4.95. The van der Waals surface area contributed by atoms with E-state index in [0.717, 1.165) is 0 Å². The number of hydrogen-bond acceptors (Lipinski definition) is 3. The number of carbonyl (C=O) groups is 1. The van der Waals surface area contributed by atoms with Gasteiger partial charge >= 0.3 is 0 Å². The molecule has 4 nitrogen and oxygen atoms in total. The molecule has 0 bridgehead atoms. The summed E-state index contributed by atoms with van der Waals surface area (Å²) in [4.78, 5) is 12.9. The molecule has 2 atom stereocenters. The van der Waals surface area contributed by atoms with E-state index in [0.29, 0.717) is 0 Å². The Labute approximate surface area is 79.7 Å². The standard InChI is InChI=1S/C9H20N2O2/c1-6(2)9(10)11(4)8(13)5-7(3)12/h6-7,9,12H,5,10H2,1-4H3. The average molecular weight is 188 g/mol. The van der Waals surface area contributed by atoms with Crippen LogP contribution in [0.1, 0.15) is 27.2 Å². The van der Waals surface area contributed by atoms with Crippen molar-refractivity contribution in [3.05, 3.63) is 0 Å². The van der Waals surface area contributed by atoms with Gasteiger partial charge in [0.15, 0.2) is 0 Å². The molecule has 0 aliphatic rings. The molecule has 0 aromatic carbocycles. The summed E-state index contributed by atoms with van der Waals surface area (Å²) in [6, 6.07) is 0. The van der Waals surface area contributed by atoms with Gasteiger partial charge in [0.1, 0.15) is 0 Å². The van der Waals surface area contributed by atoms with Gasteiger partial charge in [-0.15, -0.1) is 0 Å². The Balaban J connectivity index is 4.09. The number of hydrogen-bond donors (Lipinski definition) is 2. The fourth-order valence-electron chi connectivity index (χ4n) is 1.01. The predicted octanol–water partition coefficient (Wildman–Crippen LogP) is 0.156. The maximum atomic E-state index is 11.4. The van der Waals surface area contributed by atoms with E-state index in [4.69, 9.17) is 10.8 Å². The van der Waals surface area contributed by atoms with Crippen molar-refractivity contribution in [2.75, 3.05) is 7.05 Å². The van der Waals surface area contributed by atoms with Crippen LogP contribution in [0, 0.1) is 5.92 Å². The Morgan fingerprint density at radius 3 is 2.23 bits per heavy atom. The maximum absolute atomic E-state index is 11.4. The predicted molar refractivity (Wildman–Crippen MR) is 51.9 cm³/mol. The van der Waals surface area contributed by atoms with Crippen LogP contribution in [0.15, 0.2) is 0 Å². The topological polar surface area (TPSA) is 66.6 Å². The summed E-state index contributed by atoms with van der Waals surface area (Å²) in [6.45, 7) is 5.50. The maximum Gasteiger partial charge on any atom is 0.226 e. The van der Waals surface area contributed by atoms with E-state index in [-0.39, 0.29) is 24.4 Å². The first-order valence-corrected chi connectivity index (χ1v) is 4.55. The number of amides is 1. The minimum atomic E-state index is -0.602. The molecule has 1 amide bonds. The number of nitrogens with zero attached hydrogens (tertiary/aromatic N) is 1. The summed E-state index contributed by atoms with van der Waals surface area (Å²) in [7, 11) is 1.66. The highest BCUT2D eigenvalue weighted by molar-refractivity contribution is 5.76. The number of carbonyl (C=O) groups excluding carboxylic acids is 1. The summed E-state index contributed by atoms with van der Waals surface area (Å²) in [5.74, 6) is 0.110. The van der Waals surface area contributed by atoms with E-state index < -0.39 is 6.10 Å². The average Bonchev–Trinajstić information content (AvgIpc) is 2.00. The van der Waals surface area contributed by atoms with Crippen LogP contribution < -0.4 is 5.73 Å². The first kappa shape index (κ1) is 12.4. The van der Waals surface area contributed by atoms with Crippen molar-refractivity contribution in [3.63, 3.8) is 0 Å². The first-order valence-electron chi connectivity index (χ1n) is 4.55. The van der Waals surface area contributed by atoms with Crippen molar-refractivity contribution in [2.24, 2.45) is 11.7 Å². The zero-order chi connectivity index (χ0) is 10.6. The molecule has 0 rings (SSSR count). The van der Waals surface area contributed by atoms with Crippen LogP contribution in [-0.2, 0) is 4.79 Å². The number of nitrogens with two attached hydrogens (primary N) is 1. The lowest BCUT2D eigenvalue weighted by Gasteiger charge is -2.28. The van der Waals surface area contributed by atoms with Crippen molar-refractivity contribution in [2.45, 2.75) is 39.5 Å². The van der Waals surface area contributed by atoms with Gasteiger partial charge in [-0.2, -0.15) is 0 Å². The van der Waals surface area contributed by atoms with Crippen LogP contribution in [0.2, 0.25) is 0 Å². The van der Waals surface area contributed by atoms with Gasteiger partial charge in [-0.3, -0.25) is 4.79 Å². The highest BCUT2D eigenvalue weighted by Crippen LogP contribution is 2.05. The Bertz CT molecular complexity index is 169.